The Kier molecular flexibility index (Phi) is 8.22. The molecule has 0 spiro atoms. The standard InChI is InChI=1S/C23H21ClF8O5S/c1-13(2)12-36-17-11-15(16-9-6-10-35-16)19(18(37-17)14-7-4-3-5-8-14)38(33,34)23(31,32)21(27,28)20(25,26)22(24,29)30/h3-10,13,15,17H,11-12H2,1-2H3/t15-,17-/m1/s1. The van der Waals surface area contributed by atoms with E-state index >= 15 is 8.78 Å². The second-order valence-corrected chi connectivity index (χ2v) is 11.2. The second kappa shape index (κ2) is 10.3. The normalized spacial score (nSPS) is 20.1. The molecule has 2 heterocycles. The van der Waals surface area contributed by atoms with Gasteiger partial charge in [0, 0.05) is 12.0 Å². The fraction of sp³-hybridized carbons (Fsp3) is 0.478. The minimum Gasteiger partial charge on any atom is -0.469 e. The van der Waals surface area contributed by atoms with Crippen molar-refractivity contribution in [2.75, 3.05) is 6.61 Å². The predicted molar refractivity (Wildman–Crippen MR) is 120 cm³/mol. The molecule has 212 valence electrons. The molecule has 0 saturated heterocycles. The summed E-state index contributed by atoms with van der Waals surface area (Å²) in [5.74, 6) is -17.3. The Labute approximate surface area is 217 Å². The summed E-state index contributed by atoms with van der Waals surface area (Å²) in [4.78, 5) is -1.58. The van der Waals surface area contributed by atoms with Gasteiger partial charge >= 0.3 is 22.5 Å². The first-order valence-electron chi connectivity index (χ1n) is 10.9. The molecule has 1 aromatic heterocycles. The van der Waals surface area contributed by atoms with Crippen LogP contribution in [0.5, 0.6) is 0 Å². The van der Waals surface area contributed by atoms with Crippen LogP contribution in [0.3, 0.4) is 0 Å². The topological polar surface area (TPSA) is 65.7 Å². The predicted octanol–water partition coefficient (Wildman–Crippen LogP) is 7.26. The first-order chi connectivity index (χ1) is 17.4. The maximum absolute atomic E-state index is 15.1. The molecule has 0 radical (unpaired) electrons. The summed E-state index contributed by atoms with van der Waals surface area (Å²) in [7, 11) is -6.91. The zero-order valence-corrected chi connectivity index (χ0v) is 21.2. The smallest absolute Gasteiger partial charge is 0.417 e. The molecular weight excluding hydrogens is 576 g/mol. The number of hydrogen-bond acceptors (Lipinski definition) is 5. The monoisotopic (exact) mass is 596 g/mol. The number of sulfone groups is 1. The van der Waals surface area contributed by atoms with Crippen LogP contribution in [0.15, 0.2) is 58.1 Å². The van der Waals surface area contributed by atoms with E-state index in [-0.39, 0.29) is 23.8 Å². The lowest BCUT2D eigenvalue weighted by Gasteiger charge is -2.38. The second-order valence-electron chi connectivity index (χ2n) is 8.80. The Hall–Kier alpha value is -2.32. The molecule has 1 aromatic carbocycles. The van der Waals surface area contributed by atoms with Gasteiger partial charge in [0.1, 0.15) is 16.4 Å². The maximum atomic E-state index is 15.1. The van der Waals surface area contributed by atoms with E-state index in [1.54, 1.807) is 13.8 Å². The van der Waals surface area contributed by atoms with Gasteiger partial charge in [0.2, 0.25) is 6.29 Å². The summed E-state index contributed by atoms with van der Waals surface area (Å²) in [6.07, 6.45) is -0.880. The van der Waals surface area contributed by atoms with E-state index in [0.29, 0.717) is 0 Å². The molecule has 1 aliphatic heterocycles. The molecule has 0 fully saturated rings. The van der Waals surface area contributed by atoms with E-state index in [9.17, 15) is 34.8 Å². The molecular formula is C23H21ClF8O5S. The number of hydrogen-bond donors (Lipinski definition) is 0. The SMILES string of the molecule is CC(C)CO[C@H]1C[C@H](c2ccco2)C(S(=O)(=O)C(F)(F)C(F)(F)C(F)(F)C(F)(F)Cl)=C(c2ccccc2)O1. The zero-order chi connectivity index (χ0) is 28.7. The van der Waals surface area contributed by atoms with Crippen molar-refractivity contribution in [3.8, 4) is 0 Å². The van der Waals surface area contributed by atoms with Gasteiger partial charge < -0.3 is 13.9 Å². The summed E-state index contributed by atoms with van der Waals surface area (Å²) >= 11 is 4.01. The van der Waals surface area contributed by atoms with Crippen molar-refractivity contribution < 1.29 is 57.4 Å². The Morgan fingerprint density at radius 2 is 1.58 bits per heavy atom. The van der Waals surface area contributed by atoms with Gasteiger partial charge in [-0.3, -0.25) is 0 Å². The Morgan fingerprint density at radius 1 is 0.974 bits per heavy atom. The summed E-state index contributed by atoms with van der Waals surface area (Å²) in [6.45, 7) is 3.56. The Morgan fingerprint density at radius 3 is 2.08 bits per heavy atom. The fourth-order valence-corrected chi connectivity index (χ4v) is 5.47. The highest BCUT2D eigenvalue weighted by Gasteiger charge is 2.84. The summed E-state index contributed by atoms with van der Waals surface area (Å²) in [6, 6.07) is 8.81. The molecule has 0 amide bonds. The average Bonchev–Trinajstić information content (AvgIpc) is 3.36. The van der Waals surface area contributed by atoms with Gasteiger partial charge in [0.05, 0.1) is 18.8 Å². The van der Waals surface area contributed by atoms with E-state index in [1.807, 2.05) is 0 Å². The molecule has 0 aliphatic carbocycles. The van der Waals surface area contributed by atoms with Crippen molar-refractivity contribution in [3.63, 3.8) is 0 Å². The average molecular weight is 597 g/mol. The van der Waals surface area contributed by atoms with E-state index in [1.165, 1.54) is 36.4 Å². The van der Waals surface area contributed by atoms with Gasteiger partial charge in [-0.2, -0.15) is 35.1 Å². The Bertz CT molecular complexity index is 1240. The molecule has 2 aromatic rings. The molecule has 3 rings (SSSR count). The van der Waals surface area contributed by atoms with E-state index < -0.39 is 61.6 Å². The van der Waals surface area contributed by atoms with Crippen molar-refractivity contribution in [2.45, 2.75) is 55.0 Å². The van der Waals surface area contributed by atoms with Gasteiger partial charge in [-0.25, -0.2) is 8.42 Å². The minimum atomic E-state index is -7.17. The van der Waals surface area contributed by atoms with Gasteiger partial charge in [-0.05, 0) is 29.7 Å². The van der Waals surface area contributed by atoms with Crippen molar-refractivity contribution in [1.29, 1.82) is 0 Å². The first kappa shape index (κ1) is 30.2. The van der Waals surface area contributed by atoms with Gasteiger partial charge in [-0.1, -0.05) is 44.2 Å². The van der Waals surface area contributed by atoms with E-state index in [2.05, 4.69) is 11.6 Å². The van der Waals surface area contributed by atoms with Crippen LogP contribution < -0.4 is 0 Å². The number of ether oxygens (including phenoxy) is 2. The molecule has 0 saturated carbocycles. The number of alkyl halides is 9. The third kappa shape index (κ3) is 5.14. The van der Waals surface area contributed by atoms with Crippen LogP contribution in [0.25, 0.3) is 5.76 Å². The first-order valence-corrected chi connectivity index (χ1v) is 12.8. The quantitative estimate of drug-likeness (QED) is 0.213. The lowest BCUT2D eigenvalue weighted by atomic mass is 9.96. The number of benzene rings is 1. The molecule has 38 heavy (non-hydrogen) atoms. The van der Waals surface area contributed by atoms with Gasteiger partial charge in [0.25, 0.3) is 9.84 Å². The zero-order valence-electron chi connectivity index (χ0n) is 19.6. The molecule has 5 nitrogen and oxygen atoms in total. The number of halogens is 9. The largest absolute Gasteiger partial charge is 0.469 e. The van der Waals surface area contributed by atoms with E-state index in [0.717, 1.165) is 12.3 Å². The summed E-state index contributed by atoms with van der Waals surface area (Å²) < 4.78 is 156. The molecule has 15 heteroatoms. The van der Waals surface area contributed by atoms with Crippen LogP contribution in [0.1, 0.15) is 37.5 Å². The van der Waals surface area contributed by atoms with Crippen LogP contribution in [-0.2, 0) is 19.3 Å². The molecule has 1 aliphatic rings. The highest BCUT2D eigenvalue weighted by Crippen LogP contribution is 2.58. The highest BCUT2D eigenvalue weighted by molar-refractivity contribution is 7.96. The van der Waals surface area contributed by atoms with Crippen LogP contribution in [0, 0.1) is 5.92 Å². The van der Waals surface area contributed by atoms with E-state index in [4.69, 9.17) is 13.9 Å². The fourth-order valence-electron chi connectivity index (χ4n) is 3.61. The Balaban J connectivity index is 2.31. The van der Waals surface area contributed by atoms with Crippen LogP contribution in [0.4, 0.5) is 35.1 Å². The lowest BCUT2D eigenvalue weighted by molar-refractivity contribution is -0.326. The number of rotatable bonds is 10. The van der Waals surface area contributed by atoms with Crippen molar-refractivity contribution >= 4 is 27.2 Å². The van der Waals surface area contributed by atoms with Crippen molar-refractivity contribution in [3.05, 3.63) is 65.0 Å². The number of furan rings is 1. The van der Waals surface area contributed by atoms with Crippen LogP contribution in [0.2, 0.25) is 0 Å². The molecule has 0 bridgehead atoms. The third-order valence-electron chi connectivity index (χ3n) is 5.50. The molecule has 0 N–H and O–H groups in total. The van der Waals surface area contributed by atoms with Gasteiger partial charge in [0.15, 0.2) is 0 Å². The van der Waals surface area contributed by atoms with Crippen LogP contribution in [-0.4, -0.2) is 43.8 Å². The maximum Gasteiger partial charge on any atom is 0.417 e. The van der Waals surface area contributed by atoms with Crippen molar-refractivity contribution in [1.82, 2.24) is 0 Å². The minimum absolute atomic E-state index is 0.0466. The molecule has 0 unspecified atom stereocenters. The number of allylic oxidation sites excluding steroid dienone is 1. The van der Waals surface area contributed by atoms with Gasteiger partial charge in [-0.15, -0.1) is 0 Å². The third-order valence-corrected chi connectivity index (χ3v) is 7.72. The van der Waals surface area contributed by atoms with Crippen LogP contribution >= 0.6 is 11.6 Å². The lowest BCUT2D eigenvalue weighted by Crippen LogP contribution is -2.63. The van der Waals surface area contributed by atoms with Crippen molar-refractivity contribution in [2.24, 2.45) is 5.92 Å². The highest BCUT2D eigenvalue weighted by atomic mass is 35.5. The molecule has 2 atom stereocenters. The summed E-state index contributed by atoms with van der Waals surface area (Å²) in [5, 5.41) is -13.0. The summed E-state index contributed by atoms with van der Waals surface area (Å²) in [5.41, 5.74) is -0.228.